The second kappa shape index (κ2) is 8.52. The SMILES string of the molecule is CCCC(NC(=O)c1cccc(-n2cnnn2)c1)C(=O)N1CCc2sccc2C1. The summed E-state index contributed by atoms with van der Waals surface area (Å²) in [6.07, 6.45) is 3.75. The third-order valence-electron chi connectivity index (χ3n) is 5.02. The van der Waals surface area contributed by atoms with Gasteiger partial charge in [0.1, 0.15) is 12.4 Å². The maximum Gasteiger partial charge on any atom is 0.252 e. The first-order valence-electron chi connectivity index (χ1n) is 9.64. The monoisotopic (exact) mass is 410 g/mol. The lowest BCUT2D eigenvalue weighted by Crippen LogP contribution is -2.49. The molecular weight excluding hydrogens is 388 g/mol. The van der Waals surface area contributed by atoms with E-state index in [4.69, 9.17) is 0 Å². The van der Waals surface area contributed by atoms with Crippen molar-refractivity contribution in [3.05, 3.63) is 58.0 Å². The molecule has 2 amide bonds. The number of fused-ring (bicyclic) bond motifs is 1. The van der Waals surface area contributed by atoms with Crippen molar-refractivity contribution in [2.75, 3.05) is 6.54 Å². The summed E-state index contributed by atoms with van der Waals surface area (Å²) in [6, 6.07) is 8.55. The van der Waals surface area contributed by atoms with Crippen LogP contribution in [0.4, 0.5) is 0 Å². The van der Waals surface area contributed by atoms with E-state index in [1.54, 1.807) is 29.5 Å². The first kappa shape index (κ1) is 19.3. The van der Waals surface area contributed by atoms with E-state index in [1.165, 1.54) is 21.4 Å². The van der Waals surface area contributed by atoms with Gasteiger partial charge in [-0.1, -0.05) is 19.4 Å². The number of hydrogen-bond acceptors (Lipinski definition) is 6. The van der Waals surface area contributed by atoms with E-state index in [1.807, 2.05) is 17.9 Å². The van der Waals surface area contributed by atoms with E-state index in [0.717, 1.165) is 12.8 Å². The summed E-state index contributed by atoms with van der Waals surface area (Å²) in [7, 11) is 0. The Bertz CT molecular complexity index is 1000. The van der Waals surface area contributed by atoms with Crippen molar-refractivity contribution >= 4 is 23.2 Å². The largest absolute Gasteiger partial charge is 0.340 e. The number of hydrogen-bond donors (Lipinski definition) is 1. The number of thiophene rings is 1. The number of aromatic nitrogens is 4. The van der Waals surface area contributed by atoms with Gasteiger partial charge in [0.25, 0.3) is 5.91 Å². The molecule has 150 valence electrons. The van der Waals surface area contributed by atoms with Gasteiger partial charge >= 0.3 is 0 Å². The van der Waals surface area contributed by atoms with Crippen molar-refractivity contribution < 1.29 is 9.59 Å². The Morgan fingerprint density at radius 1 is 1.31 bits per heavy atom. The van der Waals surface area contributed by atoms with E-state index in [-0.39, 0.29) is 11.8 Å². The van der Waals surface area contributed by atoms with Gasteiger partial charge in [0.15, 0.2) is 0 Å². The summed E-state index contributed by atoms with van der Waals surface area (Å²) in [5, 5.41) is 16.1. The predicted octanol–water partition coefficient (Wildman–Crippen LogP) is 2.21. The molecule has 3 heterocycles. The zero-order valence-corrected chi connectivity index (χ0v) is 16.9. The fraction of sp³-hybridized carbons (Fsp3) is 0.350. The molecule has 1 N–H and O–H groups in total. The standard InChI is InChI=1S/C20H22N6O2S/c1-2-4-17(20(28)25-9-7-18-15(12-25)8-10-29-18)22-19(27)14-5-3-6-16(11-14)26-13-21-23-24-26/h3,5-6,8,10-11,13,17H,2,4,7,9,12H2,1H3,(H,22,27). The lowest BCUT2D eigenvalue weighted by molar-refractivity contribution is -0.134. The Kier molecular flexibility index (Phi) is 5.66. The maximum absolute atomic E-state index is 13.1. The third kappa shape index (κ3) is 4.19. The van der Waals surface area contributed by atoms with Gasteiger partial charge in [-0.3, -0.25) is 9.59 Å². The van der Waals surface area contributed by atoms with Crippen LogP contribution in [0.1, 0.15) is 40.6 Å². The molecule has 0 fully saturated rings. The molecule has 1 unspecified atom stereocenters. The third-order valence-corrected chi connectivity index (χ3v) is 6.05. The van der Waals surface area contributed by atoms with Crippen LogP contribution in [-0.2, 0) is 17.8 Å². The molecule has 9 heteroatoms. The van der Waals surface area contributed by atoms with Crippen LogP contribution in [0.2, 0.25) is 0 Å². The quantitative estimate of drug-likeness (QED) is 0.673. The molecule has 0 aliphatic carbocycles. The van der Waals surface area contributed by atoms with Gasteiger partial charge in [-0.2, -0.15) is 0 Å². The number of carbonyl (C=O) groups excluding carboxylic acids is 2. The average Bonchev–Trinajstić information content (AvgIpc) is 3.44. The van der Waals surface area contributed by atoms with Crippen LogP contribution < -0.4 is 5.32 Å². The molecule has 0 radical (unpaired) electrons. The minimum absolute atomic E-state index is 0.0197. The van der Waals surface area contributed by atoms with Crippen molar-refractivity contribution in [1.29, 1.82) is 0 Å². The van der Waals surface area contributed by atoms with Crippen LogP contribution in [0.5, 0.6) is 0 Å². The zero-order chi connectivity index (χ0) is 20.2. The number of benzene rings is 1. The highest BCUT2D eigenvalue weighted by Gasteiger charge is 2.28. The van der Waals surface area contributed by atoms with Crippen molar-refractivity contribution in [2.24, 2.45) is 0 Å². The number of amides is 2. The Balaban J connectivity index is 1.47. The molecule has 1 atom stereocenters. The van der Waals surface area contributed by atoms with Crippen LogP contribution in [0.15, 0.2) is 42.0 Å². The van der Waals surface area contributed by atoms with E-state index in [9.17, 15) is 9.59 Å². The number of nitrogens with one attached hydrogen (secondary N) is 1. The summed E-state index contributed by atoms with van der Waals surface area (Å²) >= 11 is 1.74. The van der Waals surface area contributed by atoms with Gasteiger partial charge in [0.05, 0.1) is 5.69 Å². The molecule has 1 aliphatic heterocycles. The number of tetrazole rings is 1. The van der Waals surface area contributed by atoms with Crippen LogP contribution in [0, 0.1) is 0 Å². The van der Waals surface area contributed by atoms with Gasteiger partial charge in [0, 0.05) is 23.5 Å². The molecule has 1 aromatic carbocycles. The molecule has 8 nitrogen and oxygen atoms in total. The van der Waals surface area contributed by atoms with Gasteiger partial charge in [-0.25, -0.2) is 4.68 Å². The van der Waals surface area contributed by atoms with Crippen molar-refractivity contribution in [1.82, 2.24) is 30.4 Å². The number of rotatable bonds is 6. The van der Waals surface area contributed by atoms with Crippen molar-refractivity contribution in [3.8, 4) is 5.69 Å². The van der Waals surface area contributed by atoms with Crippen LogP contribution in [0.3, 0.4) is 0 Å². The molecule has 0 spiro atoms. The van der Waals surface area contributed by atoms with Crippen molar-refractivity contribution in [2.45, 2.75) is 38.8 Å². The second-order valence-electron chi connectivity index (χ2n) is 7.00. The molecule has 1 aliphatic rings. The molecule has 0 saturated carbocycles. The molecule has 3 aromatic rings. The highest BCUT2D eigenvalue weighted by atomic mass is 32.1. The van der Waals surface area contributed by atoms with E-state index < -0.39 is 6.04 Å². The number of carbonyl (C=O) groups is 2. The number of nitrogens with zero attached hydrogens (tertiary/aromatic N) is 5. The molecule has 0 bridgehead atoms. The summed E-state index contributed by atoms with van der Waals surface area (Å²) in [5.41, 5.74) is 2.36. The summed E-state index contributed by atoms with van der Waals surface area (Å²) in [6.45, 7) is 3.32. The Morgan fingerprint density at radius 2 is 2.21 bits per heavy atom. The molecule has 4 rings (SSSR count). The lowest BCUT2D eigenvalue weighted by Gasteiger charge is -2.31. The van der Waals surface area contributed by atoms with Crippen LogP contribution >= 0.6 is 11.3 Å². The second-order valence-corrected chi connectivity index (χ2v) is 8.00. The highest BCUT2D eigenvalue weighted by Crippen LogP contribution is 2.24. The van der Waals surface area contributed by atoms with Gasteiger partial charge < -0.3 is 10.2 Å². The summed E-state index contributed by atoms with van der Waals surface area (Å²) in [5.74, 6) is -0.298. The topological polar surface area (TPSA) is 93.0 Å². The maximum atomic E-state index is 13.1. The van der Waals surface area contributed by atoms with Crippen molar-refractivity contribution in [3.63, 3.8) is 0 Å². The molecule has 29 heavy (non-hydrogen) atoms. The van der Waals surface area contributed by atoms with Gasteiger partial charge in [-0.15, -0.1) is 16.4 Å². The Labute approximate surface area is 172 Å². The summed E-state index contributed by atoms with van der Waals surface area (Å²) < 4.78 is 1.48. The van der Waals surface area contributed by atoms with Gasteiger partial charge in [-0.05, 0) is 58.5 Å². The van der Waals surface area contributed by atoms with Gasteiger partial charge in [0.2, 0.25) is 5.91 Å². The minimum Gasteiger partial charge on any atom is -0.340 e. The normalized spacial score (nSPS) is 14.3. The lowest BCUT2D eigenvalue weighted by atomic mass is 10.1. The van der Waals surface area contributed by atoms with E-state index in [2.05, 4.69) is 32.3 Å². The van der Waals surface area contributed by atoms with Crippen LogP contribution in [0.25, 0.3) is 5.69 Å². The molecule has 0 saturated heterocycles. The van der Waals surface area contributed by atoms with E-state index in [0.29, 0.717) is 30.8 Å². The Hall–Kier alpha value is -3.07. The van der Waals surface area contributed by atoms with E-state index >= 15 is 0 Å². The first-order valence-corrected chi connectivity index (χ1v) is 10.5. The predicted molar refractivity (Wildman–Crippen MR) is 109 cm³/mol. The smallest absolute Gasteiger partial charge is 0.252 e. The highest BCUT2D eigenvalue weighted by molar-refractivity contribution is 7.10. The minimum atomic E-state index is -0.538. The average molecular weight is 411 g/mol. The molecule has 2 aromatic heterocycles. The summed E-state index contributed by atoms with van der Waals surface area (Å²) in [4.78, 5) is 29.2. The van der Waals surface area contributed by atoms with Crippen LogP contribution in [-0.4, -0.2) is 49.5 Å². The Morgan fingerprint density at radius 3 is 3.00 bits per heavy atom. The fourth-order valence-corrected chi connectivity index (χ4v) is 4.40. The zero-order valence-electron chi connectivity index (χ0n) is 16.1. The first-order chi connectivity index (χ1) is 14.2. The molecular formula is C20H22N6O2S. The fourth-order valence-electron chi connectivity index (χ4n) is 3.51.